The van der Waals surface area contributed by atoms with Crippen LogP contribution in [0.5, 0.6) is 5.75 Å². The van der Waals surface area contributed by atoms with Crippen LogP contribution in [0.3, 0.4) is 0 Å². The van der Waals surface area contributed by atoms with E-state index in [2.05, 4.69) is 10.6 Å². The van der Waals surface area contributed by atoms with Crippen molar-refractivity contribution in [3.63, 3.8) is 0 Å². The van der Waals surface area contributed by atoms with Crippen molar-refractivity contribution in [3.05, 3.63) is 29.3 Å². The highest BCUT2D eigenvalue weighted by atomic mass is 16.6. The Morgan fingerprint density at radius 3 is 2.11 bits per heavy atom. The summed E-state index contributed by atoms with van der Waals surface area (Å²) in [5, 5.41) is 16.5. The van der Waals surface area contributed by atoms with Crippen LogP contribution in [0, 0.1) is 6.92 Å². The second-order valence-electron chi connectivity index (χ2n) is 12.2. The number of amides is 4. The van der Waals surface area contributed by atoms with E-state index in [0.717, 1.165) is 0 Å². The summed E-state index contributed by atoms with van der Waals surface area (Å²) < 4.78 is 5.35. The number of phenols is 1. The fourth-order valence-electron chi connectivity index (χ4n) is 3.84. The molecule has 0 aliphatic rings. The molecular weight excluding hydrogens is 488 g/mol. The van der Waals surface area contributed by atoms with Crippen molar-refractivity contribution in [1.29, 1.82) is 0 Å². The first-order chi connectivity index (χ1) is 17.2. The van der Waals surface area contributed by atoms with Gasteiger partial charge in [0.25, 0.3) is 0 Å². The Kier molecular flexibility index (Phi) is 10.8. The van der Waals surface area contributed by atoms with Gasteiger partial charge in [0.2, 0.25) is 17.7 Å². The number of hydrogen-bond acceptors (Lipinski definition) is 6. The van der Waals surface area contributed by atoms with Gasteiger partial charge in [-0.3, -0.25) is 14.4 Å². The summed E-state index contributed by atoms with van der Waals surface area (Å²) in [6.45, 7) is 17.7. The predicted octanol–water partition coefficient (Wildman–Crippen LogP) is 3.83. The van der Waals surface area contributed by atoms with Crippen LogP contribution in [0.2, 0.25) is 0 Å². The molecule has 1 rings (SSSR count). The van der Waals surface area contributed by atoms with Crippen LogP contribution in [-0.4, -0.2) is 56.5 Å². The molecule has 0 heterocycles. The lowest BCUT2D eigenvalue weighted by atomic mass is 9.90. The van der Waals surface area contributed by atoms with Crippen LogP contribution in [0.15, 0.2) is 18.2 Å². The SMILES string of the molecule is CCC(C)(C)N(C(=O)C(CCC(N)=O)NC(=O)OC(C)(C)C)C(C(=O)NC(C)(C)C)c1cccc(C)c1O. The van der Waals surface area contributed by atoms with Gasteiger partial charge in [0.05, 0.1) is 0 Å². The lowest BCUT2D eigenvalue weighted by Gasteiger charge is -2.45. The molecule has 0 aromatic heterocycles. The van der Waals surface area contributed by atoms with Crippen LogP contribution >= 0.6 is 0 Å². The highest BCUT2D eigenvalue weighted by molar-refractivity contribution is 5.93. The van der Waals surface area contributed by atoms with Gasteiger partial charge in [-0.05, 0) is 80.7 Å². The zero-order chi connectivity index (χ0) is 29.6. The standard InChI is InChI=1S/C28H46N4O6/c1-11-28(9,10)32(24(36)19(15-16-20(29)33)30-25(37)38-27(6,7)8)21(23(35)31-26(3,4)5)18-14-12-13-17(2)22(18)34/h12-14,19,21,34H,11,15-16H2,1-10H3,(H2,29,33)(H,30,37)(H,31,35). The third kappa shape index (κ3) is 9.54. The zero-order valence-electron chi connectivity index (χ0n) is 24.5. The van der Waals surface area contributed by atoms with E-state index in [9.17, 15) is 24.3 Å². The number of nitrogens with one attached hydrogen (secondary N) is 2. The number of nitrogens with two attached hydrogens (primary N) is 1. The predicted molar refractivity (Wildman–Crippen MR) is 146 cm³/mol. The van der Waals surface area contributed by atoms with Crippen LogP contribution < -0.4 is 16.4 Å². The van der Waals surface area contributed by atoms with Crippen molar-refractivity contribution < 1.29 is 29.0 Å². The molecule has 2 unspecified atom stereocenters. The van der Waals surface area contributed by atoms with Crippen LogP contribution in [0.4, 0.5) is 4.79 Å². The Morgan fingerprint density at radius 1 is 1.05 bits per heavy atom. The fraction of sp³-hybridized carbons (Fsp3) is 0.643. The first kappa shape index (κ1) is 32.7. The van der Waals surface area contributed by atoms with Crippen molar-refractivity contribution in [2.75, 3.05) is 0 Å². The topological polar surface area (TPSA) is 151 Å². The molecule has 5 N–H and O–H groups in total. The Labute approximate surface area is 226 Å². The molecular formula is C28H46N4O6. The maximum atomic E-state index is 14.3. The Bertz CT molecular complexity index is 1020. The molecule has 4 amide bonds. The molecule has 0 spiro atoms. The van der Waals surface area contributed by atoms with Gasteiger partial charge >= 0.3 is 6.09 Å². The summed E-state index contributed by atoms with van der Waals surface area (Å²) in [5.74, 6) is -1.87. The first-order valence-electron chi connectivity index (χ1n) is 12.9. The van der Waals surface area contributed by atoms with Crippen molar-refractivity contribution in [1.82, 2.24) is 15.5 Å². The average Bonchev–Trinajstić information content (AvgIpc) is 2.73. The highest BCUT2D eigenvalue weighted by Gasteiger charge is 2.44. The molecule has 0 saturated carbocycles. The van der Waals surface area contributed by atoms with Gasteiger partial charge in [-0.25, -0.2) is 4.79 Å². The number of rotatable bonds is 10. The quantitative estimate of drug-likeness (QED) is 0.358. The molecule has 2 atom stereocenters. The van der Waals surface area contributed by atoms with Gasteiger partial charge < -0.3 is 31.1 Å². The fourth-order valence-corrected chi connectivity index (χ4v) is 3.84. The maximum Gasteiger partial charge on any atom is 0.408 e. The molecule has 0 aliphatic heterocycles. The molecule has 1 aromatic rings. The summed E-state index contributed by atoms with van der Waals surface area (Å²) in [5.41, 5.74) is 3.77. The van der Waals surface area contributed by atoms with E-state index in [1.165, 1.54) is 4.90 Å². The van der Waals surface area contributed by atoms with Crippen molar-refractivity contribution >= 4 is 23.8 Å². The van der Waals surface area contributed by atoms with Gasteiger partial charge in [0.1, 0.15) is 23.4 Å². The third-order valence-electron chi connectivity index (χ3n) is 5.99. The molecule has 0 saturated heterocycles. The number of phenolic OH excluding ortho intramolecular Hbond substituents is 1. The number of alkyl carbamates (subject to hydrolysis) is 1. The second-order valence-corrected chi connectivity index (χ2v) is 12.2. The Morgan fingerprint density at radius 2 is 1.63 bits per heavy atom. The summed E-state index contributed by atoms with van der Waals surface area (Å²) in [6, 6.07) is 2.54. The minimum absolute atomic E-state index is 0.100. The van der Waals surface area contributed by atoms with Gasteiger partial charge in [-0.1, -0.05) is 25.1 Å². The maximum absolute atomic E-state index is 14.3. The van der Waals surface area contributed by atoms with E-state index < -0.39 is 52.6 Å². The first-order valence-corrected chi connectivity index (χ1v) is 12.9. The van der Waals surface area contributed by atoms with Gasteiger partial charge in [0, 0.05) is 23.1 Å². The molecule has 10 nitrogen and oxygen atoms in total. The van der Waals surface area contributed by atoms with E-state index in [4.69, 9.17) is 10.5 Å². The molecule has 10 heteroatoms. The number of aromatic hydroxyl groups is 1. The Hall–Kier alpha value is -3.30. The number of aryl methyl sites for hydroxylation is 1. The minimum atomic E-state index is -1.24. The third-order valence-corrected chi connectivity index (χ3v) is 5.99. The molecule has 1 aromatic carbocycles. The van der Waals surface area contributed by atoms with E-state index >= 15 is 0 Å². The van der Waals surface area contributed by atoms with E-state index in [0.29, 0.717) is 12.0 Å². The number of para-hydroxylation sites is 1. The van der Waals surface area contributed by atoms with Gasteiger partial charge in [-0.2, -0.15) is 0 Å². The summed E-state index contributed by atoms with van der Waals surface area (Å²) >= 11 is 0. The molecule has 0 fully saturated rings. The zero-order valence-corrected chi connectivity index (χ0v) is 24.5. The van der Waals surface area contributed by atoms with Crippen molar-refractivity contribution in [3.8, 4) is 5.75 Å². The normalized spacial score (nSPS) is 13.7. The van der Waals surface area contributed by atoms with E-state index in [-0.39, 0.29) is 24.2 Å². The summed E-state index contributed by atoms with van der Waals surface area (Å²) in [6.07, 6.45) is -0.679. The number of carbonyl (C=O) groups is 4. The summed E-state index contributed by atoms with van der Waals surface area (Å²) in [7, 11) is 0. The molecule has 0 bridgehead atoms. The molecule has 0 radical (unpaired) electrons. The van der Waals surface area contributed by atoms with Crippen LogP contribution in [-0.2, 0) is 19.1 Å². The van der Waals surface area contributed by atoms with Crippen molar-refractivity contribution in [2.24, 2.45) is 5.73 Å². The number of ether oxygens (including phenoxy) is 1. The second kappa shape index (κ2) is 12.5. The number of carbonyl (C=O) groups excluding carboxylic acids is 4. The molecule has 0 aliphatic carbocycles. The number of benzene rings is 1. The average molecular weight is 535 g/mol. The number of hydrogen-bond donors (Lipinski definition) is 4. The van der Waals surface area contributed by atoms with Gasteiger partial charge in [-0.15, -0.1) is 0 Å². The van der Waals surface area contributed by atoms with Crippen molar-refractivity contribution in [2.45, 2.75) is 117 Å². The monoisotopic (exact) mass is 534 g/mol. The minimum Gasteiger partial charge on any atom is -0.507 e. The number of primary amides is 1. The van der Waals surface area contributed by atoms with Crippen LogP contribution in [0.1, 0.15) is 98.7 Å². The number of nitrogens with zero attached hydrogens (tertiary/aromatic N) is 1. The largest absolute Gasteiger partial charge is 0.507 e. The lowest BCUT2D eigenvalue weighted by Crippen LogP contribution is -2.60. The lowest BCUT2D eigenvalue weighted by molar-refractivity contribution is -0.150. The smallest absolute Gasteiger partial charge is 0.408 e. The van der Waals surface area contributed by atoms with E-state index in [1.807, 2.05) is 27.7 Å². The molecule has 214 valence electrons. The summed E-state index contributed by atoms with van der Waals surface area (Å²) in [4.78, 5) is 53.8. The van der Waals surface area contributed by atoms with E-state index in [1.54, 1.807) is 59.7 Å². The van der Waals surface area contributed by atoms with Gasteiger partial charge in [0.15, 0.2) is 0 Å². The Balaban J connectivity index is 3.78. The molecule has 38 heavy (non-hydrogen) atoms. The highest BCUT2D eigenvalue weighted by Crippen LogP contribution is 2.37. The van der Waals surface area contributed by atoms with Crippen LogP contribution in [0.25, 0.3) is 0 Å².